The lowest BCUT2D eigenvalue weighted by molar-refractivity contribution is -0.115. The van der Waals surface area contributed by atoms with E-state index in [0.29, 0.717) is 16.7 Å². The molecule has 0 spiro atoms. The summed E-state index contributed by atoms with van der Waals surface area (Å²) in [5, 5.41) is 13.6. The fourth-order valence-electron chi connectivity index (χ4n) is 3.88. The van der Waals surface area contributed by atoms with Gasteiger partial charge in [0.25, 0.3) is 0 Å². The molecule has 4 aromatic carbocycles. The predicted molar refractivity (Wildman–Crippen MR) is 151 cm³/mol. The first-order valence-corrected chi connectivity index (χ1v) is 13.1. The number of nitrogens with zero attached hydrogens (tertiary/aromatic N) is 4. The maximum atomic E-state index is 13.5. The van der Waals surface area contributed by atoms with Gasteiger partial charge in [0.05, 0.1) is 12.3 Å². The standard InChI is InChI=1S/C29H24ClN5OS/c30-22-16-18-23(19-17-22)31-20-27-32-33-29(35(27)26-14-8-3-9-15-26)37-21-28(36)34(24-10-4-1-5-11-24)25-12-6-2-7-13-25/h1-19,31H,20-21H2. The van der Waals surface area contributed by atoms with Crippen LogP contribution in [0.2, 0.25) is 5.02 Å². The highest BCUT2D eigenvalue weighted by Crippen LogP contribution is 2.28. The summed E-state index contributed by atoms with van der Waals surface area (Å²) in [6.45, 7) is 0.457. The van der Waals surface area contributed by atoms with E-state index in [0.717, 1.165) is 28.6 Å². The predicted octanol–water partition coefficient (Wildman–Crippen LogP) is 6.99. The number of benzene rings is 4. The highest BCUT2D eigenvalue weighted by molar-refractivity contribution is 7.99. The van der Waals surface area contributed by atoms with Gasteiger partial charge in [-0.1, -0.05) is 78.0 Å². The lowest BCUT2D eigenvalue weighted by atomic mass is 10.2. The van der Waals surface area contributed by atoms with Crippen LogP contribution in [0.5, 0.6) is 0 Å². The molecule has 0 aliphatic rings. The van der Waals surface area contributed by atoms with Crippen molar-refractivity contribution in [2.24, 2.45) is 0 Å². The molecule has 0 bridgehead atoms. The summed E-state index contributed by atoms with van der Waals surface area (Å²) in [7, 11) is 0. The molecule has 184 valence electrons. The SMILES string of the molecule is O=C(CSc1nnc(CNc2ccc(Cl)cc2)n1-c1ccccc1)N(c1ccccc1)c1ccccc1. The molecule has 1 N–H and O–H groups in total. The molecule has 0 unspecified atom stereocenters. The van der Waals surface area contributed by atoms with E-state index in [4.69, 9.17) is 11.6 Å². The third-order valence-corrected chi connectivity index (χ3v) is 6.78. The minimum absolute atomic E-state index is 0.0501. The molecule has 8 heteroatoms. The van der Waals surface area contributed by atoms with Crippen LogP contribution in [0.15, 0.2) is 120 Å². The number of thioether (sulfide) groups is 1. The van der Waals surface area contributed by atoms with Crippen LogP contribution in [0.3, 0.4) is 0 Å². The number of halogens is 1. The van der Waals surface area contributed by atoms with E-state index in [2.05, 4.69) is 15.5 Å². The Morgan fingerprint density at radius 3 is 1.95 bits per heavy atom. The molecule has 37 heavy (non-hydrogen) atoms. The summed E-state index contributed by atoms with van der Waals surface area (Å²) in [5.74, 6) is 0.879. The summed E-state index contributed by atoms with van der Waals surface area (Å²) < 4.78 is 1.98. The minimum atomic E-state index is -0.0501. The fourth-order valence-corrected chi connectivity index (χ4v) is 4.82. The van der Waals surface area contributed by atoms with Crippen molar-refractivity contribution in [1.29, 1.82) is 0 Å². The van der Waals surface area contributed by atoms with Gasteiger partial charge in [0.2, 0.25) is 5.91 Å². The van der Waals surface area contributed by atoms with E-state index in [1.165, 1.54) is 11.8 Å². The molecule has 5 aromatic rings. The van der Waals surface area contributed by atoms with Crippen LogP contribution in [0.4, 0.5) is 17.1 Å². The van der Waals surface area contributed by atoms with E-state index in [1.807, 2.05) is 120 Å². The zero-order valence-corrected chi connectivity index (χ0v) is 21.4. The maximum absolute atomic E-state index is 13.5. The lowest BCUT2D eigenvalue weighted by Gasteiger charge is -2.23. The first-order chi connectivity index (χ1) is 18.2. The van der Waals surface area contributed by atoms with Gasteiger partial charge in [-0.3, -0.25) is 14.3 Å². The van der Waals surface area contributed by atoms with Crippen molar-refractivity contribution in [3.8, 4) is 5.69 Å². The maximum Gasteiger partial charge on any atom is 0.242 e. The normalized spacial score (nSPS) is 10.7. The minimum Gasteiger partial charge on any atom is -0.378 e. The first kappa shape index (κ1) is 24.6. The number of aromatic nitrogens is 3. The zero-order valence-electron chi connectivity index (χ0n) is 19.9. The van der Waals surface area contributed by atoms with E-state index >= 15 is 0 Å². The van der Waals surface area contributed by atoms with Gasteiger partial charge in [-0.05, 0) is 60.7 Å². The molecule has 0 fully saturated rings. The Hall–Kier alpha value is -4.07. The molecule has 0 saturated heterocycles. The van der Waals surface area contributed by atoms with Crippen molar-refractivity contribution in [1.82, 2.24) is 14.8 Å². The van der Waals surface area contributed by atoms with Crippen LogP contribution in [-0.4, -0.2) is 26.4 Å². The molecule has 6 nitrogen and oxygen atoms in total. The number of anilines is 3. The van der Waals surface area contributed by atoms with Crippen molar-refractivity contribution in [3.05, 3.63) is 126 Å². The van der Waals surface area contributed by atoms with Crippen LogP contribution in [0, 0.1) is 0 Å². The summed E-state index contributed by atoms with van der Waals surface area (Å²) in [4.78, 5) is 15.3. The van der Waals surface area contributed by atoms with E-state index in [1.54, 1.807) is 4.90 Å². The summed E-state index contributed by atoms with van der Waals surface area (Å²) in [6, 6.07) is 36.7. The monoisotopic (exact) mass is 525 g/mol. The molecule has 5 rings (SSSR count). The number of nitrogens with one attached hydrogen (secondary N) is 1. The second-order valence-electron chi connectivity index (χ2n) is 8.12. The van der Waals surface area contributed by atoms with Crippen molar-refractivity contribution >= 4 is 46.3 Å². The van der Waals surface area contributed by atoms with Gasteiger partial charge < -0.3 is 5.32 Å². The molecule has 0 aliphatic heterocycles. The largest absolute Gasteiger partial charge is 0.378 e. The van der Waals surface area contributed by atoms with Gasteiger partial charge in [0.15, 0.2) is 11.0 Å². The molecule has 1 heterocycles. The number of carbonyl (C=O) groups is 1. The van der Waals surface area contributed by atoms with Crippen LogP contribution in [0.1, 0.15) is 5.82 Å². The Morgan fingerprint density at radius 1 is 0.784 bits per heavy atom. The summed E-state index contributed by atoms with van der Waals surface area (Å²) in [5.41, 5.74) is 3.49. The smallest absolute Gasteiger partial charge is 0.242 e. The molecular formula is C29H24ClN5OS. The van der Waals surface area contributed by atoms with Gasteiger partial charge in [-0.2, -0.15) is 0 Å². The van der Waals surface area contributed by atoms with Crippen LogP contribution in [0.25, 0.3) is 5.69 Å². The van der Waals surface area contributed by atoms with Crippen LogP contribution >= 0.6 is 23.4 Å². The van der Waals surface area contributed by atoms with Crippen molar-refractivity contribution in [3.63, 3.8) is 0 Å². The highest BCUT2D eigenvalue weighted by atomic mass is 35.5. The van der Waals surface area contributed by atoms with E-state index < -0.39 is 0 Å². The average molecular weight is 526 g/mol. The van der Waals surface area contributed by atoms with Crippen molar-refractivity contribution in [2.75, 3.05) is 16.0 Å². The zero-order chi connectivity index (χ0) is 25.5. The van der Waals surface area contributed by atoms with Gasteiger partial charge in [-0.15, -0.1) is 10.2 Å². The van der Waals surface area contributed by atoms with Gasteiger partial charge in [0, 0.05) is 27.8 Å². The van der Waals surface area contributed by atoms with E-state index in [9.17, 15) is 4.79 Å². The molecule has 0 aliphatic carbocycles. The summed E-state index contributed by atoms with van der Waals surface area (Å²) in [6.07, 6.45) is 0. The fraction of sp³-hybridized carbons (Fsp3) is 0.0690. The Morgan fingerprint density at radius 2 is 1.35 bits per heavy atom. The number of amides is 1. The average Bonchev–Trinajstić information content (AvgIpc) is 3.36. The third-order valence-electron chi connectivity index (χ3n) is 5.61. The molecule has 0 saturated carbocycles. The molecule has 0 atom stereocenters. The molecule has 0 radical (unpaired) electrons. The molecular weight excluding hydrogens is 502 g/mol. The number of carbonyl (C=O) groups excluding carboxylic acids is 1. The first-order valence-electron chi connectivity index (χ1n) is 11.7. The Kier molecular flexibility index (Phi) is 7.84. The van der Waals surface area contributed by atoms with Gasteiger partial charge in [-0.25, -0.2) is 0 Å². The third kappa shape index (κ3) is 6.02. The van der Waals surface area contributed by atoms with Crippen LogP contribution < -0.4 is 10.2 Å². The van der Waals surface area contributed by atoms with Crippen molar-refractivity contribution in [2.45, 2.75) is 11.7 Å². The van der Waals surface area contributed by atoms with Gasteiger partial charge >= 0.3 is 0 Å². The number of para-hydroxylation sites is 3. The summed E-state index contributed by atoms with van der Waals surface area (Å²) >= 11 is 7.38. The van der Waals surface area contributed by atoms with Gasteiger partial charge in [0.1, 0.15) is 0 Å². The number of hydrogen-bond donors (Lipinski definition) is 1. The quantitative estimate of drug-likeness (QED) is 0.210. The Bertz CT molecular complexity index is 1410. The Labute approximate surface area is 224 Å². The molecule has 1 amide bonds. The lowest BCUT2D eigenvalue weighted by Crippen LogP contribution is -2.27. The number of rotatable bonds is 9. The topological polar surface area (TPSA) is 63.1 Å². The van der Waals surface area contributed by atoms with Crippen LogP contribution in [-0.2, 0) is 11.3 Å². The Balaban J connectivity index is 1.39. The second-order valence-corrected chi connectivity index (χ2v) is 9.50. The second kappa shape index (κ2) is 11.8. The molecule has 1 aromatic heterocycles. The highest BCUT2D eigenvalue weighted by Gasteiger charge is 2.21. The number of hydrogen-bond acceptors (Lipinski definition) is 5. The van der Waals surface area contributed by atoms with Crippen molar-refractivity contribution < 1.29 is 4.79 Å². The van der Waals surface area contributed by atoms with E-state index in [-0.39, 0.29) is 11.7 Å².